The van der Waals surface area contributed by atoms with Gasteiger partial charge in [-0.3, -0.25) is 19.0 Å². The van der Waals surface area contributed by atoms with Crippen LogP contribution in [0.15, 0.2) is 79.1 Å². The van der Waals surface area contributed by atoms with E-state index in [1.165, 1.54) is 4.57 Å². The summed E-state index contributed by atoms with van der Waals surface area (Å²) in [6.45, 7) is 3.90. The minimum Gasteiger partial charge on any atom is -0.481 e. The second-order valence-electron chi connectivity index (χ2n) is 9.50. The van der Waals surface area contributed by atoms with Gasteiger partial charge in [0.15, 0.2) is 0 Å². The zero-order valence-corrected chi connectivity index (χ0v) is 20.0. The molecule has 0 aliphatic carbocycles. The van der Waals surface area contributed by atoms with Gasteiger partial charge in [0.25, 0.3) is 5.91 Å². The Morgan fingerprint density at radius 2 is 1.46 bits per heavy atom. The lowest BCUT2D eigenvalue weighted by Gasteiger charge is -2.23. The van der Waals surface area contributed by atoms with Crippen molar-refractivity contribution in [3.63, 3.8) is 0 Å². The molecule has 1 amide bonds. The molecular formula is C29H30N2O4. The molecule has 2 atom stereocenters. The van der Waals surface area contributed by atoms with Crippen LogP contribution in [-0.2, 0) is 16.0 Å². The SMILES string of the molecule is CC(C)C[C@H](CC(=O)O)C(=O)N[C@@H](Cc1ccc2ccccc2c1)C(=O)n1cc2ccccc2c1. The fourth-order valence-corrected chi connectivity index (χ4v) is 4.54. The number of hydrogen-bond acceptors (Lipinski definition) is 3. The maximum Gasteiger partial charge on any atom is 0.304 e. The van der Waals surface area contributed by atoms with Gasteiger partial charge in [0, 0.05) is 24.7 Å². The van der Waals surface area contributed by atoms with E-state index in [1.54, 1.807) is 12.4 Å². The van der Waals surface area contributed by atoms with Crippen molar-refractivity contribution < 1.29 is 19.5 Å². The summed E-state index contributed by atoms with van der Waals surface area (Å²) in [4.78, 5) is 38.2. The smallest absolute Gasteiger partial charge is 0.304 e. The topological polar surface area (TPSA) is 88.4 Å². The molecule has 0 bridgehead atoms. The number of nitrogens with zero attached hydrogens (tertiary/aromatic N) is 1. The van der Waals surface area contributed by atoms with Crippen molar-refractivity contribution in [2.75, 3.05) is 0 Å². The van der Waals surface area contributed by atoms with E-state index in [4.69, 9.17) is 0 Å². The number of carboxylic acid groups (broad SMARTS) is 1. The minimum atomic E-state index is -1.03. The Morgan fingerprint density at radius 3 is 2.06 bits per heavy atom. The lowest BCUT2D eigenvalue weighted by Crippen LogP contribution is -2.47. The predicted octanol–water partition coefficient (Wildman–Crippen LogP) is 5.30. The summed E-state index contributed by atoms with van der Waals surface area (Å²) < 4.78 is 1.52. The van der Waals surface area contributed by atoms with E-state index in [1.807, 2.05) is 80.6 Å². The third-order valence-electron chi connectivity index (χ3n) is 6.22. The molecule has 6 nitrogen and oxygen atoms in total. The van der Waals surface area contributed by atoms with Gasteiger partial charge in [-0.05, 0) is 39.4 Å². The Hall–Kier alpha value is -3.93. The summed E-state index contributed by atoms with van der Waals surface area (Å²) >= 11 is 0. The molecule has 0 fully saturated rings. The summed E-state index contributed by atoms with van der Waals surface area (Å²) in [6.07, 6.45) is 3.99. The van der Waals surface area contributed by atoms with Crippen LogP contribution in [0.2, 0.25) is 0 Å². The molecule has 6 heteroatoms. The number of nitrogens with one attached hydrogen (secondary N) is 1. The standard InChI is InChI=1S/C29H30N2O4/c1-19(2)13-25(16-27(32)33)28(34)30-26(15-20-11-12-21-7-3-4-8-22(21)14-20)29(35)31-17-23-9-5-6-10-24(23)18-31/h3-12,14,17-19,25-26H,13,15-16H2,1-2H3,(H,30,34)(H,32,33)/t25-,26+/m1/s1. The lowest BCUT2D eigenvalue weighted by atomic mass is 9.92. The Labute approximate surface area is 204 Å². The Morgan fingerprint density at radius 1 is 0.857 bits per heavy atom. The number of amides is 1. The van der Waals surface area contributed by atoms with Crippen molar-refractivity contribution in [2.24, 2.45) is 11.8 Å². The van der Waals surface area contributed by atoms with Crippen LogP contribution in [0.3, 0.4) is 0 Å². The van der Waals surface area contributed by atoms with Crippen molar-refractivity contribution >= 4 is 39.3 Å². The zero-order valence-electron chi connectivity index (χ0n) is 20.0. The summed E-state index contributed by atoms with van der Waals surface area (Å²) in [7, 11) is 0. The van der Waals surface area contributed by atoms with Gasteiger partial charge in [0.05, 0.1) is 6.42 Å². The second-order valence-corrected chi connectivity index (χ2v) is 9.50. The van der Waals surface area contributed by atoms with Gasteiger partial charge in [-0.25, -0.2) is 0 Å². The van der Waals surface area contributed by atoms with Crippen LogP contribution in [-0.4, -0.2) is 33.5 Å². The van der Waals surface area contributed by atoms with E-state index in [0.29, 0.717) is 12.8 Å². The van der Waals surface area contributed by atoms with Crippen LogP contribution in [0.25, 0.3) is 21.5 Å². The molecule has 0 aliphatic rings. The van der Waals surface area contributed by atoms with Crippen molar-refractivity contribution in [3.8, 4) is 0 Å². The number of hydrogen-bond donors (Lipinski definition) is 2. The predicted molar refractivity (Wildman–Crippen MR) is 137 cm³/mol. The van der Waals surface area contributed by atoms with E-state index in [0.717, 1.165) is 27.1 Å². The fraction of sp³-hybridized carbons (Fsp3) is 0.276. The molecule has 180 valence electrons. The van der Waals surface area contributed by atoms with E-state index in [-0.39, 0.29) is 18.2 Å². The molecule has 4 aromatic rings. The number of fused-ring (bicyclic) bond motifs is 2. The maximum atomic E-state index is 13.6. The maximum absolute atomic E-state index is 13.6. The van der Waals surface area contributed by atoms with Crippen molar-refractivity contribution in [3.05, 3.63) is 84.7 Å². The van der Waals surface area contributed by atoms with Crippen LogP contribution in [0, 0.1) is 11.8 Å². The monoisotopic (exact) mass is 470 g/mol. The summed E-state index contributed by atoms with van der Waals surface area (Å²) in [5, 5.41) is 16.2. The lowest BCUT2D eigenvalue weighted by molar-refractivity contribution is -0.141. The Kier molecular flexibility index (Phi) is 7.30. The van der Waals surface area contributed by atoms with Gasteiger partial charge < -0.3 is 10.4 Å². The first-order valence-electron chi connectivity index (χ1n) is 11.9. The molecule has 2 N–H and O–H groups in total. The summed E-state index contributed by atoms with van der Waals surface area (Å²) in [5.41, 5.74) is 0.915. The largest absolute Gasteiger partial charge is 0.481 e. The van der Waals surface area contributed by atoms with Gasteiger partial charge in [-0.15, -0.1) is 0 Å². The molecule has 0 radical (unpaired) electrons. The number of rotatable bonds is 9. The number of carbonyl (C=O) groups excluding carboxylic acids is 2. The van der Waals surface area contributed by atoms with Gasteiger partial charge in [-0.1, -0.05) is 80.6 Å². The zero-order chi connectivity index (χ0) is 24.9. The van der Waals surface area contributed by atoms with Gasteiger partial charge in [-0.2, -0.15) is 0 Å². The quantitative estimate of drug-likeness (QED) is 0.347. The van der Waals surface area contributed by atoms with Gasteiger partial charge in [0.1, 0.15) is 6.04 Å². The highest BCUT2D eigenvalue weighted by atomic mass is 16.4. The van der Waals surface area contributed by atoms with Crippen molar-refractivity contribution in [1.29, 1.82) is 0 Å². The molecule has 0 saturated heterocycles. The van der Waals surface area contributed by atoms with Crippen LogP contribution in [0.4, 0.5) is 0 Å². The highest BCUT2D eigenvalue weighted by Gasteiger charge is 2.29. The fourth-order valence-electron chi connectivity index (χ4n) is 4.54. The average Bonchev–Trinajstić information content (AvgIpc) is 3.26. The number of aromatic nitrogens is 1. The Balaban J connectivity index is 1.64. The first kappa shape index (κ1) is 24.2. The van der Waals surface area contributed by atoms with E-state index in [2.05, 4.69) is 5.32 Å². The van der Waals surface area contributed by atoms with Gasteiger partial charge in [0.2, 0.25) is 5.91 Å². The molecular weight excluding hydrogens is 440 g/mol. The molecule has 4 rings (SSSR count). The highest BCUT2D eigenvalue weighted by Crippen LogP contribution is 2.21. The Bertz CT molecular complexity index is 1340. The summed E-state index contributed by atoms with van der Waals surface area (Å²) in [5.74, 6) is -2.25. The molecule has 3 aromatic carbocycles. The van der Waals surface area contributed by atoms with E-state index < -0.39 is 23.8 Å². The summed E-state index contributed by atoms with van der Waals surface area (Å²) in [6, 6.07) is 20.8. The number of carbonyl (C=O) groups is 3. The molecule has 0 aliphatic heterocycles. The molecule has 1 aromatic heterocycles. The normalized spacial score (nSPS) is 13.1. The molecule has 1 heterocycles. The van der Waals surface area contributed by atoms with Crippen LogP contribution < -0.4 is 5.32 Å². The number of carboxylic acids is 1. The van der Waals surface area contributed by atoms with Crippen molar-refractivity contribution in [1.82, 2.24) is 9.88 Å². The first-order valence-corrected chi connectivity index (χ1v) is 11.9. The van der Waals surface area contributed by atoms with Crippen LogP contribution in [0.5, 0.6) is 0 Å². The number of benzene rings is 3. The third-order valence-corrected chi connectivity index (χ3v) is 6.22. The highest BCUT2D eigenvalue weighted by molar-refractivity contribution is 5.95. The number of aliphatic carboxylic acids is 1. The average molecular weight is 471 g/mol. The van der Waals surface area contributed by atoms with E-state index in [9.17, 15) is 19.5 Å². The third kappa shape index (κ3) is 5.96. The van der Waals surface area contributed by atoms with Crippen LogP contribution >= 0.6 is 0 Å². The molecule has 35 heavy (non-hydrogen) atoms. The van der Waals surface area contributed by atoms with E-state index >= 15 is 0 Å². The molecule has 0 saturated carbocycles. The van der Waals surface area contributed by atoms with Crippen LogP contribution in [0.1, 0.15) is 37.0 Å². The first-order chi connectivity index (χ1) is 16.8. The minimum absolute atomic E-state index is 0.148. The second kappa shape index (κ2) is 10.6. The molecule has 0 spiro atoms. The van der Waals surface area contributed by atoms with Crippen molar-refractivity contribution in [2.45, 2.75) is 39.2 Å². The van der Waals surface area contributed by atoms with Gasteiger partial charge >= 0.3 is 5.97 Å². The molecule has 0 unspecified atom stereocenters.